The fourth-order valence-corrected chi connectivity index (χ4v) is 0.712. The van der Waals surface area contributed by atoms with E-state index < -0.39 is 6.43 Å². The first-order valence-electron chi connectivity index (χ1n) is 2.94. The van der Waals surface area contributed by atoms with E-state index in [9.17, 15) is 8.78 Å². The first-order valence-corrected chi connectivity index (χ1v) is 2.94. The average molecular weight is 153 g/mol. The molecule has 1 aromatic heterocycles. The van der Waals surface area contributed by atoms with E-state index in [-0.39, 0.29) is 11.1 Å². The van der Waals surface area contributed by atoms with Crippen LogP contribution in [-0.2, 0) is 0 Å². The van der Waals surface area contributed by atoms with Crippen molar-refractivity contribution >= 4 is 0 Å². The molecule has 0 spiro atoms. The van der Waals surface area contributed by atoms with Crippen LogP contribution in [0.3, 0.4) is 0 Å². The lowest BCUT2D eigenvalue weighted by molar-refractivity contribution is 0.150. The maximum atomic E-state index is 12.1. The summed E-state index contributed by atoms with van der Waals surface area (Å²) >= 11 is 0. The average Bonchev–Trinajstić information content (AvgIpc) is 2.04. The third-order valence-corrected chi connectivity index (χ3v) is 1.24. The third-order valence-electron chi connectivity index (χ3n) is 1.24. The van der Waals surface area contributed by atoms with E-state index >= 15 is 0 Å². The molecule has 0 amide bonds. The lowest BCUT2D eigenvalue weighted by atomic mass is 10.1. The Balaban J connectivity index is 3.15. The van der Waals surface area contributed by atoms with Crippen LogP contribution in [0.25, 0.3) is 0 Å². The molecular formula is C8H5F2N. The van der Waals surface area contributed by atoms with Gasteiger partial charge in [0.2, 0.25) is 0 Å². The van der Waals surface area contributed by atoms with Gasteiger partial charge in [-0.15, -0.1) is 6.42 Å². The maximum absolute atomic E-state index is 12.1. The highest BCUT2D eigenvalue weighted by atomic mass is 19.3. The number of aromatic nitrogens is 1. The highest BCUT2D eigenvalue weighted by Gasteiger charge is 2.10. The molecular weight excluding hydrogens is 148 g/mol. The Labute approximate surface area is 63.1 Å². The van der Waals surface area contributed by atoms with E-state index in [0.717, 1.165) is 6.20 Å². The summed E-state index contributed by atoms with van der Waals surface area (Å²) < 4.78 is 24.2. The zero-order valence-electron chi connectivity index (χ0n) is 5.59. The van der Waals surface area contributed by atoms with Gasteiger partial charge in [0.25, 0.3) is 6.43 Å². The van der Waals surface area contributed by atoms with Gasteiger partial charge in [0.15, 0.2) is 0 Å². The molecule has 3 heteroatoms. The molecule has 0 aromatic carbocycles. The molecule has 11 heavy (non-hydrogen) atoms. The SMILES string of the molecule is C#Cc1ccncc1C(F)F. The first-order chi connectivity index (χ1) is 5.25. The Bertz CT molecular complexity index is 288. The quantitative estimate of drug-likeness (QED) is 0.562. The summed E-state index contributed by atoms with van der Waals surface area (Å²) in [6.45, 7) is 0. The molecule has 0 bridgehead atoms. The monoisotopic (exact) mass is 153 g/mol. The second-order valence-corrected chi connectivity index (χ2v) is 1.91. The van der Waals surface area contributed by atoms with Gasteiger partial charge in [0.1, 0.15) is 0 Å². The predicted octanol–water partition coefficient (Wildman–Crippen LogP) is 2.00. The molecule has 56 valence electrons. The van der Waals surface area contributed by atoms with Gasteiger partial charge in [0, 0.05) is 18.0 Å². The lowest BCUT2D eigenvalue weighted by Gasteiger charge is -1.99. The summed E-state index contributed by atoms with van der Waals surface area (Å²) in [6.07, 6.45) is 4.90. The topological polar surface area (TPSA) is 12.9 Å². The minimum atomic E-state index is -2.55. The van der Waals surface area contributed by atoms with Crippen molar-refractivity contribution in [1.82, 2.24) is 4.98 Å². The van der Waals surface area contributed by atoms with Crippen molar-refractivity contribution in [1.29, 1.82) is 0 Å². The normalized spacial score (nSPS) is 9.64. The summed E-state index contributed by atoms with van der Waals surface area (Å²) in [5.41, 5.74) is 0.0185. The van der Waals surface area contributed by atoms with Gasteiger partial charge in [-0.2, -0.15) is 0 Å². The Hall–Kier alpha value is -1.43. The molecule has 0 radical (unpaired) electrons. The van der Waals surface area contributed by atoms with Crippen LogP contribution in [0.15, 0.2) is 18.5 Å². The van der Waals surface area contributed by atoms with Gasteiger partial charge in [-0.3, -0.25) is 4.98 Å². The molecule has 0 N–H and O–H groups in total. The standard InChI is InChI=1S/C8H5F2N/c1-2-6-3-4-11-5-7(6)8(9)10/h1,3-5,8H. The number of rotatable bonds is 1. The van der Waals surface area contributed by atoms with Crippen LogP contribution >= 0.6 is 0 Å². The van der Waals surface area contributed by atoms with Crippen LogP contribution in [0.1, 0.15) is 17.6 Å². The zero-order valence-corrected chi connectivity index (χ0v) is 5.59. The molecule has 0 saturated heterocycles. The predicted molar refractivity (Wildman–Crippen MR) is 37.1 cm³/mol. The minimum Gasteiger partial charge on any atom is -0.264 e. The van der Waals surface area contributed by atoms with Crippen LogP contribution in [0.2, 0.25) is 0 Å². The van der Waals surface area contributed by atoms with Gasteiger partial charge in [-0.25, -0.2) is 8.78 Å². The summed E-state index contributed by atoms with van der Waals surface area (Å²) in [5, 5.41) is 0. The molecule has 0 saturated carbocycles. The largest absolute Gasteiger partial charge is 0.266 e. The zero-order chi connectivity index (χ0) is 8.27. The van der Waals surface area contributed by atoms with Crippen LogP contribution in [0, 0.1) is 12.3 Å². The molecule has 0 aliphatic carbocycles. The van der Waals surface area contributed by atoms with Crippen LogP contribution in [0.4, 0.5) is 8.78 Å². The number of terminal acetylenes is 1. The third kappa shape index (κ3) is 1.53. The molecule has 0 unspecified atom stereocenters. The second-order valence-electron chi connectivity index (χ2n) is 1.91. The van der Waals surface area contributed by atoms with Gasteiger partial charge in [0.05, 0.1) is 5.56 Å². The Morgan fingerprint density at radius 2 is 2.27 bits per heavy atom. The van der Waals surface area contributed by atoms with E-state index in [1.165, 1.54) is 12.3 Å². The minimum absolute atomic E-state index is 0.185. The number of nitrogens with zero attached hydrogens (tertiary/aromatic N) is 1. The van der Waals surface area contributed by atoms with E-state index in [4.69, 9.17) is 6.42 Å². The summed E-state index contributed by atoms with van der Waals surface area (Å²) in [5.74, 6) is 2.16. The van der Waals surface area contributed by atoms with Crippen molar-refractivity contribution in [2.45, 2.75) is 6.43 Å². The molecule has 1 aromatic rings. The van der Waals surface area contributed by atoms with Gasteiger partial charge < -0.3 is 0 Å². The van der Waals surface area contributed by atoms with Crippen LogP contribution < -0.4 is 0 Å². The van der Waals surface area contributed by atoms with Crippen LogP contribution in [-0.4, -0.2) is 4.98 Å². The first kappa shape index (κ1) is 7.67. The molecule has 1 heterocycles. The molecule has 0 fully saturated rings. The molecule has 0 aliphatic rings. The van der Waals surface area contributed by atoms with E-state index in [2.05, 4.69) is 10.9 Å². The van der Waals surface area contributed by atoms with Crippen molar-refractivity contribution in [3.8, 4) is 12.3 Å². The Morgan fingerprint density at radius 3 is 2.73 bits per heavy atom. The van der Waals surface area contributed by atoms with E-state index in [0.29, 0.717) is 0 Å². The van der Waals surface area contributed by atoms with Crippen molar-refractivity contribution in [2.24, 2.45) is 0 Å². The smallest absolute Gasteiger partial charge is 0.264 e. The second kappa shape index (κ2) is 3.11. The summed E-state index contributed by atoms with van der Waals surface area (Å²) in [6, 6.07) is 1.39. The Kier molecular flexibility index (Phi) is 2.17. The number of hydrogen-bond donors (Lipinski definition) is 0. The fraction of sp³-hybridized carbons (Fsp3) is 0.125. The summed E-state index contributed by atoms with van der Waals surface area (Å²) in [4.78, 5) is 3.54. The molecule has 1 rings (SSSR count). The Morgan fingerprint density at radius 1 is 1.55 bits per heavy atom. The van der Waals surface area contributed by atoms with E-state index in [1.54, 1.807) is 0 Å². The van der Waals surface area contributed by atoms with Gasteiger partial charge in [-0.1, -0.05) is 5.92 Å². The number of hydrogen-bond acceptors (Lipinski definition) is 1. The van der Waals surface area contributed by atoms with Gasteiger partial charge >= 0.3 is 0 Å². The highest BCUT2D eigenvalue weighted by molar-refractivity contribution is 5.38. The molecule has 0 aliphatic heterocycles. The molecule has 0 atom stereocenters. The highest BCUT2D eigenvalue weighted by Crippen LogP contribution is 2.20. The molecule has 1 nitrogen and oxygen atoms in total. The number of pyridine rings is 1. The van der Waals surface area contributed by atoms with Crippen LogP contribution in [0.5, 0.6) is 0 Å². The van der Waals surface area contributed by atoms with Crippen molar-refractivity contribution in [3.63, 3.8) is 0 Å². The summed E-state index contributed by atoms with van der Waals surface area (Å²) in [7, 11) is 0. The van der Waals surface area contributed by atoms with E-state index in [1.807, 2.05) is 0 Å². The lowest BCUT2D eigenvalue weighted by Crippen LogP contribution is -1.90. The van der Waals surface area contributed by atoms with Gasteiger partial charge in [-0.05, 0) is 6.07 Å². The maximum Gasteiger partial charge on any atom is 0.266 e. The van der Waals surface area contributed by atoms with Crippen molar-refractivity contribution in [2.75, 3.05) is 0 Å². The fourth-order valence-electron chi connectivity index (χ4n) is 0.712. The number of alkyl halides is 2. The van der Waals surface area contributed by atoms with Crippen molar-refractivity contribution in [3.05, 3.63) is 29.6 Å². The number of halogens is 2. The van der Waals surface area contributed by atoms with Crippen molar-refractivity contribution < 1.29 is 8.78 Å².